The van der Waals surface area contributed by atoms with Crippen molar-refractivity contribution < 1.29 is 0 Å². The van der Waals surface area contributed by atoms with Crippen molar-refractivity contribution in [1.82, 2.24) is 0 Å². The van der Waals surface area contributed by atoms with Gasteiger partial charge in [-0.15, -0.1) is 10.2 Å². The van der Waals surface area contributed by atoms with Crippen LogP contribution in [-0.4, -0.2) is 28.5 Å². The molecule has 2 aromatic carbocycles. The molecule has 156 valence electrons. The number of nitrogens with two attached hydrogens (primary N) is 4. The zero-order chi connectivity index (χ0) is 22.1. The number of benzene rings is 2. The Morgan fingerprint density at radius 2 is 1.10 bits per heavy atom. The van der Waals surface area contributed by atoms with Crippen molar-refractivity contribution in [2.75, 3.05) is 10.6 Å². The molecule has 11 heteroatoms. The smallest absolute Gasteiger partial charge is 0.211 e. The minimum absolute atomic E-state index is 0.102. The number of nitrogens with one attached hydrogen (secondary N) is 2. The average molecular weight is 425 g/mol. The lowest BCUT2D eigenvalue weighted by Crippen LogP contribution is -2.22. The summed E-state index contributed by atoms with van der Waals surface area (Å²) in [5.74, 6) is -0.204. The van der Waals surface area contributed by atoms with Gasteiger partial charge in [0.05, 0.1) is 11.4 Å². The van der Waals surface area contributed by atoms with E-state index in [2.05, 4.69) is 31.0 Å². The first-order valence-corrected chi connectivity index (χ1v) is 9.20. The van der Waals surface area contributed by atoms with Gasteiger partial charge in [-0.1, -0.05) is 24.3 Å². The Kier molecular flexibility index (Phi) is 7.82. The maximum Gasteiger partial charge on any atom is 0.211 e. The van der Waals surface area contributed by atoms with Crippen LogP contribution >= 0.6 is 12.2 Å². The van der Waals surface area contributed by atoms with Crippen LogP contribution in [0.4, 0.5) is 11.4 Å². The molecule has 10 nitrogen and oxygen atoms in total. The predicted octanol–water partition coefficient (Wildman–Crippen LogP) is 1.49. The fraction of sp³-hybridized carbons (Fsp3) is 0.105. The summed E-state index contributed by atoms with van der Waals surface area (Å²) in [5.41, 5.74) is 25.8. The van der Waals surface area contributed by atoms with Crippen LogP contribution in [-0.2, 0) is 0 Å². The van der Waals surface area contributed by atoms with Gasteiger partial charge >= 0.3 is 0 Å². The Bertz CT molecular complexity index is 950. The normalized spacial score (nSPS) is 11.4. The van der Waals surface area contributed by atoms with Gasteiger partial charge in [0, 0.05) is 11.4 Å². The first-order valence-electron chi connectivity index (χ1n) is 8.80. The lowest BCUT2D eigenvalue weighted by atomic mass is 10.1. The maximum absolute atomic E-state index is 5.41. The molecule has 0 aliphatic rings. The SMILES string of the molecule is C/C(=N/N=C(N)N)c1cccc(NC(=S)Nc2cccc(/C(C)=N/N=C(N)N)c2)c1. The van der Waals surface area contributed by atoms with Gasteiger partial charge in [0.15, 0.2) is 5.11 Å². The Labute approximate surface area is 179 Å². The van der Waals surface area contributed by atoms with Crippen molar-refractivity contribution in [3.8, 4) is 0 Å². The second-order valence-corrected chi connectivity index (χ2v) is 6.57. The molecule has 10 N–H and O–H groups in total. The molecule has 2 rings (SSSR count). The van der Waals surface area contributed by atoms with E-state index in [0.717, 1.165) is 22.5 Å². The number of rotatable bonds is 6. The molecule has 0 aromatic heterocycles. The van der Waals surface area contributed by atoms with E-state index in [9.17, 15) is 0 Å². The van der Waals surface area contributed by atoms with Crippen LogP contribution in [0.25, 0.3) is 0 Å². The van der Waals surface area contributed by atoms with Crippen molar-refractivity contribution in [2.45, 2.75) is 13.8 Å². The van der Waals surface area contributed by atoms with E-state index in [-0.39, 0.29) is 11.9 Å². The number of nitrogens with zero attached hydrogens (tertiary/aromatic N) is 4. The molecule has 30 heavy (non-hydrogen) atoms. The first-order chi connectivity index (χ1) is 14.2. The molecule has 2 aromatic rings. The number of hydrogen-bond acceptors (Lipinski definition) is 5. The molecule has 0 fully saturated rings. The lowest BCUT2D eigenvalue weighted by molar-refractivity contribution is 1.20. The third-order valence-electron chi connectivity index (χ3n) is 3.71. The number of thiocarbonyl (C=S) groups is 1. The van der Waals surface area contributed by atoms with Gasteiger partial charge in [-0.2, -0.15) is 10.2 Å². The van der Waals surface area contributed by atoms with Crippen LogP contribution in [0.1, 0.15) is 25.0 Å². The van der Waals surface area contributed by atoms with Crippen LogP contribution in [0.5, 0.6) is 0 Å². The molecule has 0 aliphatic heterocycles. The van der Waals surface area contributed by atoms with Crippen LogP contribution < -0.4 is 33.6 Å². The standard InChI is InChI=1S/C19H24N10S/c1-11(26-28-17(20)21)13-5-3-7-15(9-13)24-19(30)25-16-8-4-6-14(10-16)12(2)27-29-18(22)23/h3-10H,1-2H3,(H4,20,21,28)(H4,22,23,29)(H2,24,25,30)/b26-11-,27-12+. The second kappa shape index (κ2) is 10.5. The van der Waals surface area contributed by atoms with E-state index in [1.165, 1.54) is 0 Å². The molecule has 0 unspecified atom stereocenters. The van der Waals surface area contributed by atoms with Gasteiger partial charge < -0.3 is 33.6 Å². The molecule has 0 atom stereocenters. The van der Waals surface area contributed by atoms with Crippen LogP contribution in [0.2, 0.25) is 0 Å². The van der Waals surface area contributed by atoms with E-state index in [4.69, 9.17) is 35.2 Å². The number of anilines is 2. The Balaban J connectivity index is 2.10. The summed E-state index contributed by atoms with van der Waals surface area (Å²) >= 11 is 5.41. The summed E-state index contributed by atoms with van der Waals surface area (Å²) in [4.78, 5) is 0. The summed E-state index contributed by atoms with van der Waals surface area (Å²) in [7, 11) is 0. The van der Waals surface area contributed by atoms with Crippen molar-refractivity contribution in [3.63, 3.8) is 0 Å². The molecule has 0 spiro atoms. The van der Waals surface area contributed by atoms with Gasteiger partial charge in [0.2, 0.25) is 11.9 Å². The Hall–Kier alpha value is -3.99. The quantitative estimate of drug-likeness (QED) is 0.176. The fourth-order valence-corrected chi connectivity index (χ4v) is 2.55. The molecule has 0 bridgehead atoms. The summed E-state index contributed by atoms with van der Waals surface area (Å²) in [6, 6.07) is 15.1. The van der Waals surface area contributed by atoms with Gasteiger partial charge in [-0.25, -0.2) is 0 Å². The molecule has 0 saturated heterocycles. The topological polar surface area (TPSA) is 178 Å². The zero-order valence-electron chi connectivity index (χ0n) is 16.6. The maximum atomic E-state index is 5.41. The highest BCUT2D eigenvalue weighted by atomic mass is 32.1. The van der Waals surface area contributed by atoms with Crippen LogP contribution in [0, 0.1) is 0 Å². The Morgan fingerprint density at radius 3 is 1.47 bits per heavy atom. The molecular formula is C19H24N10S. The fourth-order valence-electron chi connectivity index (χ4n) is 2.32. The van der Waals surface area contributed by atoms with Gasteiger partial charge in [-0.05, 0) is 61.5 Å². The summed E-state index contributed by atoms with van der Waals surface area (Å²) in [6.45, 7) is 3.61. The van der Waals surface area contributed by atoms with Crippen LogP contribution in [0.15, 0.2) is 68.9 Å². The third-order valence-corrected chi connectivity index (χ3v) is 3.91. The third kappa shape index (κ3) is 7.20. The highest BCUT2D eigenvalue weighted by Crippen LogP contribution is 2.15. The largest absolute Gasteiger partial charge is 0.369 e. The van der Waals surface area contributed by atoms with E-state index in [0.29, 0.717) is 16.5 Å². The zero-order valence-corrected chi connectivity index (χ0v) is 17.4. The number of guanidine groups is 2. The van der Waals surface area contributed by atoms with Gasteiger partial charge in [0.1, 0.15) is 0 Å². The van der Waals surface area contributed by atoms with Crippen molar-refractivity contribution in [3.05, 3.63) is 59.7 Å². The average Bonchev–Trinajstić information content (AvgIpc) is 2.70. The molecule has 0 saturated carbocycles. The number of hydrogen-bond donors (Lipinski definition) is 6. The molecular weight excluding hydrogens is 400 g/mol. The Morgan fingerprint density at radius 1 is 0.700 bits per heavy atom. The van der Waals surface area contributed by atoms with E-state index in [1.54, 1.807) is 13.8 Å². The molecule has 0 heterocycles. The summed E-state index contributed by atoms with van der Waals surface area (Å²) in [6.07, 6.45) is 0. The summed E-state index contributed by atoms with van der Waals surface area (Å²) in [5, 5.41) is 22.0. The molecule has 0 radical (unpaired) electrons. The van der Waals surface area contributed by atoms with Crippen molar-refractivity contribution in [1.29, 1.82) is 0 Å². The van der Waals surface area contributed by atoms with Crippen molar-refractivity contribution in [2.24, 2.45) is 43.3 Å². The first kappa shape index (κ1) is 22.3. The minimum Gasteiger partial charge on any atom is -0.369 e. The van der Waals surface area contributed by atoms with Crippen molar-refractivity contribution >= 4 is 52.0 Å². The van der Waals surface area contributed by atoms with Gasteiger partial charge in [-0.3, -0.25) is 0 Å². The lowest BCUT2D eigenvalue weighted by Gasteiger charge is -2.12. The van der Waals surface area contributed by atoms with E-state index >= 15 is 0 Å². The van der Waals surface area contributed by atoms with Crippen LogP contribution in [0.3, 0.4) is 0 Å². The highest BCUT2D eigenvalue weighted by molar-refractivity contribution is 7.80. The minimum atomic E-state index is -0.102. The van der Waals surface area contributed by atoms with E-state index in [1.807, 2.05) is 48.5 Å². The molecule has 0 amide bonds. The summed E-state index contributed by atoms with van der Waals surface area (Å²) < 4.78 is 0. The monoisotopic (exact) mass is 424 g/mol. The second-order valence-electron chi connectivity index (χ2n) is 6.16. The predicted molar refractivity (Wildman–Crippen MR) is 129 cm³/mol. The molecule has 0 aliphatic carbocycles. The highest BCUT2D eigenvalue weighted by Gasteiger charge is 2.04. The van der Waals surface area contributed by atoms with E-state index < -0.39 is 0 Å². The van der Waals surface area contributed by atoms with Gasteiger partial charge in [0.25, 0.3) is 0 Å².